The van der Waals surface area contributed by atoms with Crippen molar-refractivity contribution < 1.29 is 8.42 Å². The van der Waals surface area contributed by atoms with Crippen molar-refractivity contribution in [1.82, 2.24) is 9.29 Å². The first-order valence-corrected chi connectivity index (χ1v) is 9.62. The molecule has 2 heterocycles. The molecule has 4 rings (SSSR count). The quantitative estimate of drug-likeness (QED) is 0.723. The Balaban J connectivity index is 2.08. The van der Waals surface area contributed by atoms with E-state index < -0.39 is 16.1 Å². The third-order valence-corrected chi connectivity index (χ3v) is 6.44. The molecule has 1 aliphatic rings. The molecule has 2 aromatic carbocycles. The second-order valence-corrected chi connectivity index (χ2v) is 8.05. The summed E-state index contributed by atoms with van der Waals surface area (Å²) in [7, 11) is -3.74. The predicted molar refractivity (Wildman–Crippen MR) is 99.0 cm³/mol. The Morgan fingerprint density at radius 1 is 1.16 bits per heavy atom. The van der Waals surface area contributed by atoms with Gasteiger partial charge in [-0.1, -0.05) is 41.8 Å². The van der Waals surface area contributed by atoms with E-state index in [-0.39, 0.29) is 4.90 Å². The van der Waals surface area contributed by atoms with Crippen LogP contribution in [0.5, 0.6) is 0 Å². The Morgan fingerprint density at radius 3 is 2.60 bits per heavy atom. The molecule has 5 heteroatoms. The van der Waals surface area contributed by atoms with Gasteiger partial charge in [-0.05, 0) is 37.1 Å². The molecule has 0 radical (unpaired) electrons. The van der Waals surface area contributed by atoms with Gasteiger partial charge in [0.1, 0.15) is 6.04 Å². The summed E-state index contributed by atoms with van der Waals surface area (Å²) in [6.45, 7) is 2.67. The highest BCUT2D eigenvalue weighted by Crippen LogP contribution is 2.35. The van der Waals surface area contributed by atoms with Crippen LogP contribution in [0.15, 0.2) is 53.4 Å². The van der Waals surface area contributed by atoms with Crippen LogP contribution in [-0.4, -0.2) is 18.9 Å². The van der Waals surface area contributed by atoms with E-state index in [2.05, 4.69) is 11.2 Å². The van der Waals surface area contributed by atoms with E-state index in [0.29, 0.717) is 11.2 Å². The maximum Gasteiger partial charge on any atom is 0.268 e. The molecular weight excluding hydrogens is 332 g/mol. The first kappa shape index (κ1) is 15.9. The molecule has 0 bridgehead atoms. The summed E-state index contributed by atoms with van der Waals surface area (Å²) < 4.78 is 28.3. The van der Waals surface area contributed by atoms with E-state index in [9.17, 15) is 8.42 Å². The molecule has 1 unspecified atom stereocenters. The number of hydrogen-bond donors (Lipinski definition) is 1. The second kappa shape index (κ2) is 5.76. The van der Waals surface area contributed by atoms with Gasteiger partial charge in [-0.25, -0.2) is 12.4 Å². The van der Waals surface area contributed by atoms with Gasteiger partial charge in [0.25, 0.3) is 10.0 Å². The maximum absolute atomic E-state index is 13.4. The number of aromatic nitrogens is 1. The average Bonchev–Trinajstić information content (AvgIpc) is 2.97. The highest BCUT2D eigenvalue weighted by atomic mass is 32.2. The first-order valence-electron chi connectivity index (χ1n) is 8.18. The van der Waals surface area contributed by atoms with Crippen LogP contribution < -0.4 is 5.32 Å². The van der Waals surface area contributed by atoms with Crippen LogP contribution in [0, 0.1) is 19.3 Å². The molecule has 4 nitrogen and oxygen atoms in total. The second-order valence-electron chi connectivity index (χ2n) is 6.27. The lowest BCUT2D eigenvalue weighted by atomic mass is 10.00. The van der Waals surface area contributed by atoms with Gasteiger partial charge in [-0.2, -0.15) is 0 Å². The zero-order chi connectivity index (χ0) is 17.6. The number of para-hydroxylation sites is 1. The number of benzene rings is 2. The SMILES string of the molecule is C#CC1NCCc2c1n(S(=O)(=O)c1ccc(C)cc1)c1ccccc21. The minimum absolute atomic E-state index is 0.267. The normalized spacial score (nSPS) is 17.2. The van der Waals surface area contributed by atoms with Crippen LogP contribution in [-0.2, 0) is 16.4 Å². The Labute approximate surface area is 147 Å². The minimum atomic E-state index is -3.74. The molecular formula is C20H18N2O2S. The average molecular weight is 350 g/mol. The Morgan fingerprint density at radius 2 is 1.88 bits per heavy atom. The van der Waals surface area contributed by atoms with Crippen molar-refractivity contribution in [2.45, 2.75) is 24.3 Å². The van der Waals surface area contributed by atoms with Crippen LogP contribution in [0.1, 0.15) is 22.9 Å². The van der Waals surface area contributed by atoms with Crippen molar-refractivity contribution in [1.29, 1.82) is 0 Å². The van der Waals surface area contributed by atoms with E-state index >= 15 is 0 Å². The smallest absolute Gasteiger partial charge is 0.268 e. The summed E-state index contributed by atoms with van der Waals surface area (Å²) in [5.41, 5.74) is 3.38. The predicted octanol–water partition coefficient (Wildman–Crippen LogP) is 3.01. The molecule has 1 N–H and O–H groups in total. The topological polar surface area (TPSA) is 51.1 Å². The van der Waals surface area contributed by atoms with Crippen LogP contribution >= 0.6 is 0 Å². The number of nitrogens with zero attached hydrogens (tertiary/aromatic N) is 1. The lowest BCUT2D eigenvalue weighted by Crippen LogP contribution is -2.31. The Bertz CT molecular complexity index is 1100. The molecule has 1 aromatic heterocycles. The molecule has 0 fully saturated rings. The summed E-state index contributed by atoms with van der Waals surface area (Å²) >= 11 is 0. The third kappa shape index (κ3) is 2.38. The van der Waals surface area contributed by atoms with Gasteiger partial charge in [0.2, 0.25) is 0 Å². The maximum atomic E-state index is 13.4. The lowest BCUT2D eigenvalue weighted by Gasteiger charge is -2.23. The van der Waals surface area contributed by atoms with Crippen molar-refractivity contribution >= 4 is 20.9 Å². The molecule has 0 spiro atoms. The molecule has 0 aliphatic carbocycles. The molecule has 126 valence electrons. The molecule has 3 aromatic rings. The molecule has 0 saturated carbocycles. The number of hydrogen-bond acceptors (Lipinski definition) is 3. The zero-order valence-corrected chi connectivity index (χ0v) is 14.7. The Kier molecular flexibility index (Phi) is 3.68. The third-order valence-electron chi connectivity index (χ3n) is 4.70. The van der Waals surface area contributed by atoms with E-state index in [1.54, 1.807) is 12.1 Å². The largest absolute Gasteiger partial charge is 0.298 e. The van der Waals surface area contributed by atoms with Crippen LogP contribution in [0.2, 0.25) is 0 Å². The van der Waals surface area contributed by atoms with Gasteiger partial charge in [0.05, 0.1) is 16.1 Å². The zero-order valence-electron chi connectivity index (χ0n) is 13.9. The van der Waals surface area contributed by atoms with E-state index in [4.69, 9.17) is 6.42 Å². The molecule has 1 aliphatic heterocycles. The fraction of sp³-hybridized carbons (Fsp3) is 0.200. The van der Waals surface area contributed by atoms with E-state index in [0.717, 1.165) is 29.5 Å². The van der Waals surface area contributed by atoms with Gasteiger partial charge in [-0.3, -0.25) is 5.32 Å². The van der Waals surface area contributed by atoms with Gasteiger partial charge >= 0.3 is 0 Å². The van der Waals surface area contributed by atoms with Gasteiger partial charge in [-0.15, -0.1) is 6.42 Å². The molecule has 25 heavy (non-hydrogen) atoms. The van der Waals surface area contributed by atoms with Gasteiger partial charge in [0.15, 0.2) is 0 Å². The summed E-state index contributed by atoms with van der Waals surface area (Å²) in [6, 6.07) is 14.1. The number of fused-ring (bicyclic) bond motifs is 3. The summed E-state index contributed by atoms with van der Waals surface area (Å²) in [5, 5.41) is 4.19. The minimum Gasteiger partial charge on any atom is -0.298 e. The monoisotopic (exact) mass is 350 g/mol. The van der Waals surface area contributed by atoms with E-state index in [1.165, 1.54) is 3.97 Å². The summed E-state index contributed by atoms with van der Waals surface area (Å²) in [6.07, 6.45) is 6.44. The van der Waals surface area contributed by atoms with Crippen molar-refractivity contribution in [3.8, 4) is 12.3 Å². The van der Waals surface area contributed by atoms with Crippen molar-refractivity contribution in [2.24, 2.45) is 0 Å². The van der Waals surface area contributed by atoms with Crippen molar-refractivity contribution in [3.05, 3.63) is 65.4 Å². The lowest BCUT2D eigenvalue weighted by molar-refractivity contribution is 0.560. The highest BCUT2D eigenvalue weighted by molar-refractivity contribution is 7.90. The number of nitrogens with one attached hydrogen (secondary N) is 1. The van der Waals surface area contributed by atoms with Crippen LogP contribution in [0.3, 0.4) is 0 Å². The number of aryl methyl sites for hydroxylation is 1. The highest BCUT2D eigenvalue weighted by Gasteiger charge is 2.32. The van der Waals surface area contributed by atoms with Crippen LogP contribution in [0.4, 0.5) is 0 Å². The van der Waals surface area contributed by atoms with Gasteiger partial charge in [0, 0.05) is 11.9 Å². The van der Waals surface area contributed by atoms with Crippen molar-refractivity contribution in [3.63, 3.8) is 0 Å². The van der Waals surface area contributed by atoms with Crippen LogP contribution in [0.25, 0.3) is 10.9 Å². The Hall–Kier alpha value is -2.55. The van der Waals surface area contributed by atoms with Crippen molar-refractivity contribution in [2.75, 3.05) is 6.54 Å². The fourth-order valence-corrected chi connectivity index (χ4v) is 5.08. The fourth-order valence-electron chi connectivity index (χ4n) is 3.50. The number of rotatable bonds is 2. The molecule has 1 atom stereocenters. The standard InChI is InChI=1S/C20H18N2O2S/c1-3-18-20-17(12-13-21-18)16-6-4-5-7-19(16)22(20)25(23,24)15-10-8-14(2)9-11-15/h1,4-11,18,21H,12-13H2,2H3. The molecule has 0 saturated heterocycles. The van der Waals surface area contributed by atoms with E-state index in [1.807, 2.05) is 43.3 Å². The summed E-state index contributed by atoms with van der Waals surface area (Å²) in [5.74, 6) is 2.70. The van der Waals surface area contributed by atoms with Gasteiger partial charge < -0.3 is 0 Å². The summed E-state index contributed by atoms with van der Waals surface area (Å²) in [4.78, 5) is 0.267. The molecule has 0 amide bonds. The number of terminal acetylenes is 1. The first-order chi connectivity index (χ1) is 12.0.